The second kappa shape index (κ2) is 6.81. The predicted octanol–water partition coefficient (Wildman–Crippen LogP) is 2.10. The maximum atomic E-state index is 12.3. The van der Waals surface area contributed by atoms with Crippen LogP contribution in [0.25, 0.3) is 0 Å². The van der Waals surface area contributed by atoms with E-state index in [1.165, 1.54) is 5.56 Å². The highest BCUT2D eigenvalue weighted by Gasteiger charge is 2.22. The summed E-state index contributed by atoms with van der Waals surface area (Å²) in [5, 5.41) is 8.19. The Morgan fingerprint density at radius 3 is 2.74 bits per heavy atom. The number of rotatable bonds is 5. The summed E-state index contributed by atoms with van der Waals surface area (Å²) in [6.45, 7) is 6.60. The molecule has 0 radical (unpaired) electrons. The predicted molar refractivity (Wildman–Crippen MR) is 86.1 cm³/mol. The topological polar surface area (TPSA) is 60.2 Å². The van der Waals surface area contributed by atoms with Crippen LogP contribution in [0.4, 0.5) is 0 Å². The summed E-state index contributed by atoms with van der Waals surface area (Å²) >= 11 is 0. The van der Waals surface area contributed by atoms with Crippen molar-refractivity contribution in [2.24, 2.45) is 0 Å². The first-order chi connectivity index (χ1) is 11.1. The van der Waals surface area contributed by atoms with E-state index in [2.05, 4.69) is 14.8 Å². The normalized spacial score (nSPS) is 13.7. The van der Waals surface area contributed by atoms with Crippen molar-refractivity contribution in [1.29, 1.82) is 0 Å². The van der Waals surface area contributed by atoms with Crippen LogP contribution in [0.2, 0.25) is 0 Å². The Morgan fingerprint density at radius 1 is 1.17 bits per heavy atom. The molecule has 0 spiro atoms. The van der Waals surface area contributed by atoms with Crippen molar-refractivity contribution in [3.63, 3.8) is 0 Å². The molecule has 0 N–H and O–H groups in total. The summed E-state index contributed by atoms with van der Waals surface area (Å²) in [6, 6.07) is 7.95. The molecule has 0 bridgehead atoms. The molecule has 2 heterocycles. The van der Waals surface area contributed by atoms with E-state index in [-0.39, 0.29) is 5.91 Å². The van der Waals surface area contributed by atoms with E-state index in [1.54, 1.807) is 0 Å². The van der Waals surface area contributed by atoms with Crippen molar-refractivity contribution >= 4 is 5.91 Å². The van der Waals surface area contributed by atoms with Gasteiger partial charge < -0.3 is 14.2 Å². The summed E-state index contributed by atoms with van der Waals surface area (Å²) in [5.74, 6) is 2.80. The Bertz CT molecular complexity index is 678. The number of ether oxygens (including phenoxy) is 1. The molecule has 23 heavy (non-hydrogen) atoms. The Labute approximate surface area is 136 Å². The number of carbonyl (C=O) groups excluding carboxylic acids is 1. The van der Waals surface area contributed by atoms with Crippen LogP contribution in [0.15, 0.2) is 24.3 Å². The Balaban J connectivity index is 1.42. The quantitative estimate of drug-likeness (QED) is 0.793. The molecule has 0 unspecified atom stereocenters. The maximum Gasteiger partial charge on any atom is 0.223 e. The van der Waals surface area contributed by atoms with Gasteiger partial charge in [-0.15, -0.1) is 10.2 Å². The van der Waals surface area contributed by atoms with Crippen LogP contribution in [-0.2, 0) is 17.9 Å². The molecule has 2 aromatic rings. The van der Waals surface area contributed by atoms with Crippen LogP contribution >= 0.6 is 0 Å². The minimum Gasteiger partial charge on any atom is -0.494 e. The lowest BCUT2D eigenvalue weighted by Gasteiger charge is -2.27. The number of fused-ring (bicyclic) bond motifs is 1. The van der Waals surface area contributed by atoms with Crippen molar-refractivity contribution in [3.8, 4) is 5.75 Å². The number of amides is 1. The zero-order valence-corrected chi connectivity index (χ0v) is 13.7. The van der Waals surface area contributed by atoms with Gasteiger partial charge >= 0.3 is 0 Å². The van der Waals surface area contributed by atoms with Gasteiger partial charge in [-0.2, -0.15) is 0 Å². The van der Waals surface area contributed by atoms with E-state index < -0.39 is 0 Å². The number of aromatic nitrogens is 3. The summed E-state index contributed by atoms with van der Waals surface area (Å²) in [5.41, 5.74) is 1.21. The van der Waals surface area contributed by atoms with E-state index >= 15 is 0 Å². The van der Waals surface area contributed by atoms with Gasteiger partial charge in [-0.1, -0.05) is 17.7 Å². The average Bonchev–Trinajstić information content (AvgIpc) is 2.94. The van der Waals surface area contributed by atoms with Crippen molar-refractivity contribution in [3.05, 3.63) is 41.5 Å². The van der Waals surface area contributed by atoms with E-state index in [4.69, 9.17) is 4.74 Å². The highest BCUT2D eigenvalue weighted by Crippen LogP contribution is 2.14. The average molecular weight is 314 g/mol. The maximum absolute atomic E-state index is 12.3. The number of benzene rings is 1. The standard InChI is InChI=1S/C17H22N4O2/c1-13-5-7-15(8-6-13)23-11-3-4-17(22)20-9-10-21-14(2)18-19-16(21)12-20/h5-8H,3-4,9-12H2,1-2H3. The van der Waals surface area contributed by atoms with Crippen LogP contribution in [0, 0.1) is 13.8 Å². The number of nitrogens with zero attached hydrogens (tertiary/aromatic N) is 4. The van der Waals surface area contributed by atoms with Crippen molar-refractivity contribution in [2.45, 2.75) is 39.8 Å². The zero-order valence-electron chi connectivity index (χ0n) is 13.7. The molecule has 0 fully saturated rings. The molecule has 1 aromatic heterocycles. The van der Waals surface area contributed by atoms with Crippen LogP contribution < -0.4 is 4.74 Å². The second-order valence-corrected chi connectivity index (χ2v) is 5.90. The SMILES string of the molecule is Cc1ccc(OCCCC(=O)N2CCn3c(C)nnc3C2)cc1. The third kappa shape index (κ3) is 3.70. The number of hydrogen-bond acceptors (Lipinski definition) is 4. The molecule has 3 rings (SSSR count). The summed E-state index contributed by atoms with van der Waals surface area (Å²) in [4.78, 5) is 14.1. The van der Waals surface area contributed by atoms with Gasteiger partial charge in [0, 0.05) is 19.5 Å². The van der Waals surface area contributed by atoms with Gasteiger partial charge in [-0.3, -0.25) is 4.79 Å². The molecule has 1 amide bonds. The zero-order chi connectivity index (χ0) is 16.2. The summed E-state index contributed by atoms with van der Waals surface area (Å²) in [7, 11) is 0. The lowest BCUT2D eigenvalue weighted by molar-refractivity contribution is -0.133. The van der Waals surface area contributed by atoms with Crippen LogP contribution in [0.3, 0.4) is 0 Å². The first-order valence-electron chi connectivity index (χ1n) is 7.99. The molecule has 6 nitrogen and oxygen atoms in total. The van der Waals surface area contributed by atoms with Gasteiger partial charge in [0.25, 0.3) is 0 Å². The minimum absolute atomic E-state index is 0.157. The molecule has 6 heteroatoms. The Morgan fingerprint density at radius 2 is 1.96 bits per heavy atom. The van der Waals surface area contributed by atoms with E-state index in [9.17, 15) is 4.79 Å². The van der Waals surface area contributed by atoms with Gasteiger partial charge in [0.1, 0.15) is 11.6 Å². The molecule has 1 aromatic carbocycles. The fourth-order valence-electron chi connectivity index (χ4n) is 2.72. The van der Waals surface area contributed by atoms with Crippen molar-refractivity contribution in [2.75, 3.05) is 13.2 Å². The van der Waals surface area contributed by atoms with Gasteiger partial charge in [-0.05, 0) is 32.4 Å². The van der Waals surface area contributed by atoms with Gasteiger partial charge in [0.2, 0.25) is 5.91 Å². The van der Waals surface area contributed by atoms with Crippen LogP contribution in [0.1, 0.15) is 30.1 Å². The molecule has 0 atom stereocenters. The molecule has 0 saturated heterocycles. The van der Waals surface area contributed by atoms with Crippen molar-refractivity contribution < 1.29 is 9.53 Å². The van der Waals surface area contributed by atoms with Crippen LogP contribution in [0.5, 0.6) is 5.75 Å². The number of hydrogen-bond donors (Lipinski definition) is 0. The minimum atomic E-state index is 0.157. The fourth-order valence-corrected chi connectivity index (χ4v) is 2.72. The Kier molecular flexibility index (Phi) is 4.60. The molecule has 122 valence electrons. The number of carbonyl (C=O) groups is 1. The highest BCUT2D eigenvalue weighted by atomic mass is 16.5. The molecule has 1 aliphatic rings. The van der Waals surface area contributed by atoms with E-state index in [0.717, 1.165) is 36.9 Å². The largest absolute Gasteiger partial charge is 0.494 e. The third-order valence-corrected chi connectivity index (χ3v) is 4.12. The van der Waals surface area contributed by atoms with Gasteiger partial charge in [0.05, 0.1) is 13.2 Å². The van der Waals surface area contributed by atoms with Crippen LogP contribution in [-0.4, -0.2) is 38.7 Å². The first kappa shape index (κ1) is 15.5. The number of aryl methyl sites for hydroxylation is 2. The summed E-state index contributed by atoms with van der Waals surface area (Å²) in [6.07, 6.45) is 1.22. The fraction of sp³-hybridized carbons (Fsp3) is 0.471. The molecular formula is C17H22N4O2. The molecular weight excluding hydrogens is 292 g/mol. The van der Waals surface area contributed by atoms with E-state index in [1.807, 2.05) is 43.0 Å². The van der Waals surface area contributed by atoms with Gasteiger partial charge in [-0.25, -0.2) is 0 Å². The lowest BCUT2D eigenvalue weighted by Crippen LogP contribution is -2.38. The smallest absolute Gasteiger partial charge is 0.223 e. The monoisotopic (exact) mass is 314 g/mol. The van der Waals surface area contributed by atoms with E-state index in [0.29, 0.717) is 19.6 Å². The molecule has 0 aliphatic carbocycles. The summed E-state index contributed by atoms with van der Waals surface area (Å²) < 4.78 is 7.73. The first-order valence-corrected chi connectivity index (χ1v) is 7.99. The highest BCUT2D eigenvalue weighted by molar-refractivity contribution is 5.76. The molecule has 0 saturated carbocycles. The lowest BCUT2D eigenvalue weighted by atomic mass is 10.2. The molecule has 1 aliphatic heterocycles. The third-order valence-electron chi connectivity index (χ3n) is 4.12. The second-order valence-electron chi connectivity index (χ2n) is 5.90. The van der Waals surface area contributed by atoms with Crippen molar-refractivity contribution in [1.82, 2.24) is 19.7 Å². The van der Waals surface area contributed by atoms with Gasteiger partial charge in [0.15, 0.2) is 5.82 Å². The Hall–Kier alpha value is -2.37.